The second-order valence-electron chi connectivity index (χ2n) is 5.07. The zero-order valence-corrected chi connectivity index (χ0v) is 12.9. The lowest BCUT2D eigenvalue weighted by molar-refractivity contribution is 0.0509. The number of carbonyl (C=O) groups is 1. The number of aliphatic hydroxyl groups is 2. The van der Waals surface area contributed by atoms with Crippen LogP contribution in [-0.2, 0) is 0 Å². The number of nitrogens with one attached hydrogen (secondary N) is 1. The molecule has 0 aliphatic carbocycles. The van der Waals surface area contributed by atoms with Crippen LogP contribution in [0.15, 0.2) is 22.7 Å². The SMILES string of the molecule is CN(CC(C)(CO)CO)C(=O)Nc1cc(F)cc(Br)c1. The molecule has 3 N–H and O–H groups in total. The third-order valence-corrected chi connectivity index (χ3v) is 3.30. The van der Waals surface area contributed by atoms with Crippen molar-refractivity contribution in [2.45, 2.75) is 6.92 Å². The molecule has 0 spiro atoms. The summed E-state index contributed by atoms with van der Waals surface area (Å²) in [6.45, 7) is 1.34. The summed E-state index contributed by atoms with van der Waals surface area (Å²) in [6, 6.07) is 3.61. The molecule has 0 aliphatic rings. The van der Waals surface area contributed by atoms with Crippen molar-refractivity contribution < 1.29 is 19.4 Å². The summed E-state index contributed by atoms with van der Waals surface area (Å²) < 4.78 is 13.7. The number of urea groups is 1. The molecule has 20 heavy (non-hydrogen) atoms. The second-order valence-corrected chi connectivity index (χ2v) is 5.99. The van der Waals surface area contributed by atoms with Gasteiger partial charge in [-0.2, -0.15) is 0 Å². The molecule has 7 heteroatoms. The molecule has 1 rings (SSSR count). The van der Waals surface area contributed by atoms with Crippen molar-refractivity contribution in [2.75, 3.05) is 32.1 Å². The molecule has 112 valence electrons. The van der Waals surface area contributed by atoms with E-state index in [0.717, 1.165) is 0 Å². The Bertz CT molecular complexity index is 460. The van der Waals surface area contributed by atoms with Crippen molar-refractivity contribution in [3.05, 3.63) is 28.5 Å². The highest BCUT2D eigenvalue weighted by Crippen LogP contribution is 2.20. The highest BCUT2D eigenvalue weighted by Gasteiger charge is 2.26. The molecule has 0 unspecified atom stereocenters. The molecule has 0 aliphatic heterocycles. The van der Waals surface area contributed by atoms with Crippen LogP contribution in [-0.4, -0.2) is 48.0 Å². The Hall–Kier alpha value is -1.18. The Balaban J connectivity index is 2.70. The number of amides is 2. The number of anilines is 1. The first-order valence-corrected chi connectivity index (χ1v) is 6.79. The monoisotopic (exact) mass is 348 g/mol. The van der Waals surface area contributed by atoms with Gasteiger partial charge in [-0.05, 0) is 18.2 Å². The van der Waals surface area contributed by atoms with E-state index in [2.05, 4.69) is 21.2 Å². The van der Waals surface area contributed by atoms with Crippen LogP contribution in [0, 0.1) is 11.2 Å². The Morgan fingerprint density at radius 2 is 2.00 bits per heavy atom. The standard InChI is InChI=1S/C13H18BrFN2O3/c1-13(7-18,8-19)6-17(2)12(20)16-11-4-9(14)3-10(15)5-11/h3-5,18-19H,6-8H2,1-2H3,(H,16,20). The molecule has 0 radical (unpaired) electrons. The summed E-state index contributed by atoms with van der Waals surface area (Å²) in [5.41, 5.74) is -0.461. The maximum atomic E-state index is 13.2. The smallest absolute Gasteiger partial charge is 0.321 e. The van der Waals surface area contributed by atoms with Crippen molar-refractivity contribution in [1.82, 2.24) is 4.90 Å². The number of benzene rings is 1. The molecule has 0 heterocycles. The fourth-order valence-electron chi connectivity index (χ4n) is 1.64. The van der Waals surface area contributed by atoms with Crippen molar-refractivity contribution >= 4 is 27.6 Å². The van der Waals surface area contributed by atoms with Crippen LogP contribution in [0.4, 0.5) is 14.9 Å². The molecule has 2 amide bonds. The van der Waals surface area contributed by atoms with E-state index in [1.807, 2.05) is 0 Å². The van der Waals surface area contributed by atoms with Gasteiger partial charge in [0.05, 0.1) is 13.2 Å². The van der Waals surface area contributed by atoms with Gasteiger partial charge in [-0.25, -0.2) is 9.18 Å². The predicted molar refractivity (Wildman–Crippen MR) is 78.0 cm³/mol. The van der Waals surface area contributed by atoms with Crippen LogP contribution in [0.1, 0.15) is 6.92 Å². The van der Waals surface area contributed by atoms with Gasteiger partial charge in [-0.15, -0.1) is 0 Å². The molecule has 5 nitrogen and oxygen atoms in total. The zero-order valence-electron chi connectivity index (χ0n) is 11.4. The number of hydrogen-bond acceptors (Lipinski definition) is 3. The number of hydrogen-bond donors (Lipinski definition) is 3. The van der Waals surface area contributed by atoms with E-state index in [-0.39, 0.29) is 19.8 Å². The fraction of sp³-hybridized carbons (Fsp3) is 0.462. The van der Waals surface area contributed by atoms with E-state index in [4.69, 9.17) is 0 Å². The van der Waals surface area contributed by atoms with Crippen molar-refractivity contribution in [2.24, 2.45) is 5.41 Å². The molecule has 0 bridgehead atoms. The maximum absolute atomic E-state index is 13.2. The lowest BCUT2D eigenvalue weighted by Gasteiger charge is -2.30. The first kappa shape index (κ1) is 16.9. The van der Waals surface area contributed by atoms with Crippen LogP contribution < -0.4 is 5.32 Å². The van der Waals surface area contributed by atoms with Gasteiger partial charge in [-0.1, -0.05) is 22.9 Å². The molecule has 0 aromatic heterocycles. The Morgan fingerprint density at radius 3 is 2.50 bits per heavy atom. The zero-order chi connectivity index (χ0) is 15.3. The average Bonchev–Trinajstić information content (AvgIpc) is 2.37. The predicted octanol–water partition coefficient (Wildman–Crippen LogP) is 2.04. The summed E-state index contributed by atoms with van der Waals surface area (Å²) in [6.07, 6.45) is 0. The first-order chi connectivity index (χ1) is 9.29. The summed E-state index contributed by atoms with van der Waals surface area (Å²) in [4.78, 5) is 13.3. The summed E-state index contributed by atoms with van der Waals surface area (Å²) in [7, 11) is 1.53. The number of rotatable bonds is 5. The van der Waals surface area contributed by atoms with E-state index >= 15 is 0 Å². The Kier molecular flexibility index (Phi) is 5.91. The van der Waals surface area contributed by atoms with Gasteiger partial charge in [0.2, 0.25) is 0 Å². The van der Waals surface area contributed by atoms with E-state index in [1.165, 1.54) is 24.1 Å². The summed E-state index contributed by atoms with van der Waals surface area (Å²) >= 11 is 3.14. The Morgan fingerprint density at radius 1 is 1.40 bits per heavy atom. The number of halogens is 2. The van der Waals surface area contributed by atoms with Gasteiger partial charge in [0.25, 0.3) is 0 Å². The van der Waals surface area contributed by atoms with Crippen LogP contribution in [0.3, 0.4) is 0 Å². The topological polar surface area (TPSA) is 72.8 Å². The lowest BCUT2D eigenvalue weighted by Crippen LogP contribution is -2.43. The van der Waals surface area contributed by atoms with Gasteiger partial charge < -0.3 is 20.4 Å². The molecule has 1 aromatic rings. The normalized spacial score (nSPS) is 11.3. The fourth-order valence-corrected chi connectivity index (χ4v) is 2.10. The highest BCUT2D eigenvalue weighted by atomic mass is 79.9. The maximum Gasteiger partial charge on any atom is 0.321 e. The minimum atomic E-state index is -0.783. The van der Waals surface area contributed by atoms with Gasteiger partial charge in [-0.3, -0.25) is 0 Å². The molecule has 0 saturated heterocycles. The van der Waals surface area contributed by atoms with Gasteiger partial charge >= 0.3 is 6.03 Å². The largest absolute Gasteiger partial charge is 0.396 e. The number of carbonyl (C=O) groups excluding carboxylic acids is 1. The summed E-state index contributed by atoms with van der Waals surface area (Å²) in [5, 5.41) is 21.0. The van der Waals surface area contributed by atoms with E-state index in [9.17, 15) is 19.4 Å². The number of aliphatic hydroxyl groups excluding tert-OH is 2. The third-order valence-electron chi connectivity index (χ3n) is 2.84. The quantitative estimate of drug-likeness (QED) is 0.762. The minimum Gasteiger partial charge on any atom is -0.396 e. The van der Waals surface area contributed by atoms with Crippen molar-refractivity contribution in [1.29, 1.82) is 0 Å². The van der Waals surface area contributed by atoms with Crippen LogP contribution in [0.2, 0.25) is 0 Å². The molecule has 0 fully saturated rings. The summed E-state index contributed by atoms with van der Waals surface area (Å²) in [5.74, 6) is -0.465. The van der Waals surface area contributed by atoms with Crippen molar-refractivity contribution in [3.8, 4) is 0 Å². The molecule has 1 aromatic carbocycles. The molecular formula is C13H18BrFN2O3. The molecular weight excluding hydrogens is 331 g/mol. The van der Waals surface area contributed by atoms with E-state index in [0.29, 0.717) is 10.2 Å². The second kappa shape index (κ2) is 7.01. The third kappa shape index (κ3) is 4.73. The lowest BCUT2D eigenvalue weighted by atomic mass is 9.92. The van der Waals surface area contributed by atoms with Crippen molar-refractivity contribution in [3.63, 3.8) is 0 Å². The van der Waals surface area contributed by atoms with E-state index in [1.54, 1.807) is 13.0 Å². The van der Waals surface area contributed by atoms with Crippen LogP contribution >= 0.6 is 15.9 Å². The van der Waals surface area contributed by atoms with Gasteiger partial charge in [0, 0.05) is 29.2 Å². The van der Waals surface area contributed by atoms with Crippen LogP contribution in [0.25, 0.3) is 0 Å². The van der Waals surface area contributed by atoms with Crippen LogP contribution in [0.5, 0.6) is 0 Å². The molecule has 0 saturated carbocycles. The molecule has 0 atom stereocenters. The first-order valence-electron chi connectivity index (χ1n) is 5.99. The highest BCUT2D eigenvalue weighted by molar-refractivity contribution is 9.10. The van der Waals surface area contributed by atoms with Gasteiger partial charge in [0.1, 0.15) is 5.82 Å². The average molecular weight is 349 g/mol. The van der Waals surface area contributed by atoms with E-state index < -0.39 is 17.3 Å². The Labute approximate surface area is 125 Å². The van der Waals surface area contributed by atoms with Gasteiger partial charge in [0.15, 0.2) is 0 Å². The minimum absolute atomic E-state index is 0.169. The number of nitrogens with zero attached hydrogens (tertiary/aromatic N) is 1.